The number of nitro groups is 1. The fraction of sp³-hybridized carbons (Fsp3) is 0.158. The maximum Gasteiger partial charge on any atom is 0.269 e. The number of nitriles is 1. The largest absolute Gasteiger partial charge is 0.294 e. The van der Waals surface area contributed by atoms with Gasteiger partial charge in [0, 0.05) is 41.6 Å². The number of halogens is 1. The molecule has 0 amide bonds. The number of carbonyl (C=O) groups excluding carboxylic acids is 1. The van der Waals surface area contributed by atoms with Crippen LogP contribution in [0.4, 0.5) is 5.69 Å². The zero-order chi connectivity index (χ0) is 21.2. The molecule has 0 unspecified atom stereocenters. The predicted octanol–water partition coefficient (Wildman–Crippen LogP) is 3.86. The van der Waals surface area contributed by atoms with E-state index < -0.39 is 14.9 Å². The Kier molecular flexibility index (Phi) is 5.68. The summed E-state index contributed by atoms with van der Waals surface area (Å²) in [5, 5.41) is 20.3. The van der Waals surface area contributed by atoms with Crippen LogP contribution < -0.4 is 0 Å². The lowest BCUT2D eigenvalue weighted by Gasteiger charge is -2.07. The second-order valence-corrected chi connectivity index (χ2v) is 8.35. The van der Waals surface area contributed by atoms with Gasteiger partial charge in [-0.25, -0.2) is 12.4 Å². The molecule has 148 valence electrons. The normalized spacial score (nSPS) is 11.3. The third-order valence-electron chi connectivity index (χ3n) is 4.34. The van der Waals surface area contributed by atoms with E-state index in [2.05, 4.69) is 0 Å². The minimum absolute atomic E-state index is 0.136. The highest BCUT2D eigenvalue weighted by molar-refractivity contribution is 7.90. The van der Waals surface area contributed by atoms with Gasteiger partial charge in [-0.15, -0.1) is 11.6 Å². The summed E-state index contributed by atoms with van der Waals surface area (Å²) in [5.74, 6) is -0.00190. The number of benzene rings is 2. The highest BCUT2D eigenvalue weighted by Gasteiger charge is 2.24. The number of rotatable bonds is 7. The van der Waals surface area contributed by atoms with Crippen molar-refractivity contribution in [2.24, 2.45) is 0 Å². The van der Waals surface area contributed by atoms with Crippen LogP contribution in [0.3, 0.4) is 0 Å². The number of nitro benzene ring substituents is 1. The van der Waals surface area contributed by atoms with E-state index in [1.165, 1.54) is 24.4 Å². The van der Waals surface area contributed by atoms with Crippen molar-refractivity contribution in [3.05, 3.63) is 69.9 Å². The van der Waals surface area contributed by atoms with E-state index in [0.29, 0.717) is 11.8 Å². The maximum atomic E-state index is 13.1. The Morgan fingerprint density at radius 2 is 1.90 bits per heavy atom. The van der Waals surface area contributed by atoms with Crippen LogP contribution in [0.1, 0.15) is 28.8 Å². The molecule has 1 aromatic heterocycles. The lowest BCUT2D eigenvalue weighted by Crippen LogP contribution is -2.12. The average molecular weight is 432 g/mol. The molecule has 3 rings (SSSR count). The summed E-state index contributed by atoms with van der Waals surface area (Å²) < 4.78 is 27.2. The van der Waals surface area contributed by atoms with E-state index in [0.717, 1.165) is 28.2 Å². The van der Waals surface area contributed by atoms with Gasteiger partial charge < -0.3 is 0 Å². The van der Waals surface area contributed by atoms with Crippen molar-refractivity contribution in [2.45, 2.75) is 17.7 Å². The maximum absolute atomic E-state index is 13.1. The lowest BCUT2D eigenvalue weighted by molar-refractivity contribution is -0.384. The van der Waals surface area contributed by atoms with Gasteiger partial charge in [0.25, 0.3) is 15.7 Å². The molecule has 1 heterocycles. The Labute approximate surface area is 171 Å². The van der Waals surface area contributed by atoms with Gasteiger partial charge in [-0.3, -0.25) is 14.9 Å². The van der Waals surface area contributed by atoms with Gasteiger partial charge in [0.15, 0.2) is 5.78 Å². The van der Waals surface area contributed by atoms with Crippen LogP contribution in [-0.4, -0.2) is 29.0 Å². The fourth-order valence-electron chi connectivity index (χ4n) is 2.91. The summed E-state index contributed by atoms with van der Waals surface area (Å²) >= 11 is 5.65. The first-order valence-corrected chi connectivity index (χ1v) is 10.4. The first-order valence-electron chi connectivity index (χ1n) is 8.44. The average Bonchev–Trinajstić information content (AvgIpc) is 3.11. The first-order chi connectivity index (χ1) is 13.8. The van der Waals surface area contributed by atoms with Crippen molar-refractivity contribution in [2.75, 3.05) is 5.88 Å². The van der Waals surface area contributed by atoms with Crippen molar-refractivity contribution in [3.8, 4) is 6.07 Å². The summed E-state index contributed by atoms with van der Waals surface area (Å²) in [7, 11) is -4.13. The molecule has 0 aliphatic rings. The summed E-state index contributed by atoms with van der Waals surface area (Å²) in [4.78, 5) is 22.6. The van der Waals surface area contributed by atoms with E-state index in [1.807, 2.05) is 6.07 Å². The minimum Gasteiger partial charge on any atom is -0.294 e. The molecule has 0 fully saturated rings. The Morgan fingerprint density at radius 3 is 2.48 bits per heavy atom. The summed E-state index contributed by atoms with van der Waals surface area (Å²) in [5.41, 5.74) is 0.454. The molecule has 3 aromatic rings. The van der Waals surface area contributed by atoms with E-state index in [4.69, 9.17) is 16.9 Å². The smallest absolute Gasteiger partial charge is 0.269 e. The fourth-order valence-corrected chi connectivity index (χ4v) is 4.41. The van der Waals surface area contributed by atoms with Crippen LogP contribution >= 0.6 is 11.6 Å². The number of aromatic nitrogens is 1. The molecule has 8 nitrogen and oxygen atoms in total. The molecule has 0 saturated heterocycles. The number of nitrogens with zero attached hydrogens (tertiary/aromatic N) is 3. The van der Waals surface area contributed by atoms with Crippen LogP contribution in [0.15, 0.2) is 53.6 Å². The Balaban J connectivity index is 2.19. The second kappa shape index (κ2) is 8.03. The van der Waals surface area contributed by atoms with Crippen LogP contribution in [0.25, 0.3) is 10.9 Å². The van der Waals surface area contributed by atoms with Crippen LogP contribution in [0.2, 0.25) is 0 Å². The molecule has 0 aliphatic carbocycles. The Hall–Kier alpha value is -3.22. The van der Waals surface area contributed by atoms with E-state index in [-0.39, 0.29) is 45.3 Å². The molecule has 0 radical (unpaired) electrons. The number of hydrogen-bond donors (Lipinski definition) is 0. The monoisotopic (exact) mass is 431 g/mol. The molecular formula is C19H14ClN3O5S. The summed E-state index contributed by atoms with van der Waals surface area (Å²) in [6.07, 6.45) is 1.79. The molecule has 0 saturated carbocycles. The quantitative estimate of drug-likeness (QED) is 0.242. The number of fused-ring (bicyclic) bond motifs is 1. The molecule has 0 bridgehead atoms. The zero-order valence-electron chi connectivity index (χ0n) is 14.9. The molecule has 10 heteroatoms. The van der Waals surface area contributed by atoms with Crippen molar-refractivity contribution in [1.29, 1.82) is 5.26 Å². The van der Waals surface area contributed by atoms with Gasteiger partial charge in [0.2, 0.25) is 0 Å². The van der Waals surface area contributed by atoms with Crippen molar-refractivity contribution in [1.82, 2.24) is 3.97 Å². The van der Waals surface area contributed by atoms with Crippen molar-refractivity contribution >= 4 is 44.0 Å². The van der Waals surface area contributed by atoms with Gasteiger partial charge in [-0.2, -0.15) is 5.26 Å². The van der Waals surface area contributed by atoms with Crippen molar-refractivity contribution < 1.29 is 18.1 Å². The highest BCUT2D eigenvalue weighted by Crippen LogP contribution is 2.29. The van der Waals surface area contributed by atoms with E-state index in [9.17, 15) is 23.3 Å². The summed E-state index contributed by atoms with van der Waals surface area (Å²) in [6.45, 7) is 0. The van der Waals surface area contributed by atoms with E-state index in [1.54, 1.807) is 0 Å². The van der Waals surface area contributed by atoms with Crippen LogP contribution in [0, 0.1) is 21.4 Å². The SMILES string of the molecule is N#Cc1ccc2c(c1)c(C(=O)CCCCl)cn2S(=O)(=O)c1ccc([N+](=O)[O-])cc1. The molecule has 29 heavy (non-hydrogen) atoms. The van der Waals surface area contributed by atoms with Crippen LogP contribution in [0.5, 0.6) is 0 Å². The molecule has 2 aromatic carbocycles. The third kappa shape index (κ3) is 3.85. The number of alkyl halides is 1. The van der Waals surface area contributed by atoms with Gasteiger partial charge in [0.05, 0.1) is 27.0 Å². The molecule has 0 spiro atoms. The molecular weight excluding hydrogens is 418 g/mol. The predicted molar refractivity (Wildman–Crippen MR) is 107 cm³/mol. The highest BCUT2D eigenvalue weighted by atomic mass is 35.5. The van der Waals surface area contributed by atoms with Crippen LogP contribution in [-0.2, 0) is 10.0 Å². The minimum atomic E-state index is -4.13. The topological polar surface area (TPSA) is 123 Å². The Morgan fingerprint density at radius 1 is 1.21 bits per heavy atom. The number of non-ortho nitro benzene ring substituents is 1. The van der Waals surface area contributed by atoms with Gasteiger partial charge >= 0.3 is 0 Å². The van der Waals surface area contributed by atoms with E-state index >= 15 is 0 Å². The Bertz CT molecular complexity index is 1260. The lowest BCUT2D eigenvalue weighted by atomic mass is 10.0. The molecule has 0 atom stereocenters. The number of ketones is 1. The number of carbonyl (C=O) groups is 1. The van der Waals surface area contributed by atoms with Crippen molar-refractivity contribution in [3.63, 3.8) is 0 Å². The molecule has 0 N–H and O–H groups in total. The van der Waals surface area contributed by atoms with Gasteiger partial charge in [-0.05, 0) is 36.8 Å². The standard InChI is InChI=1S/C19H14ClN3O5S/c20-9-1-2-19(24)17-12-22(18-8-3-13(11-21)10-16(17)18)29(27,28)15-6-4-14(5-7-15)23(25)26/h3-8,10,12H,1-2,9H2. The van der Waals surface area contributed by atoms with Gasteiger partial charge in [0.1, 0.15) is 0 Å². The third-order valence-corrected chi connectivity index (χ3v) is 6.30. The number of Topliss-reactive ketones (excluding diaryl/α,β-unsaturated/α-hetero) is 1. The first kappa shape index (κ1) is 20.5. The molecule has 0 aliphatic heterocycles. The van der Waals surface area contributed by atoms with Gasteiger partial charge in [-0.1, -0.05) is 0 Å². The summed E-state index contributed by atoms with van der Waals surface area (Å²) in [6, 6.07) is 10.8. The number of hydrogen-bond acceptors (Lipinski definition) is 6. The second-order valence-electron chi connectivity index (χ2n) is 6.15. The zero-order valence-corrected chi connectivity index (χ0v) is 16.5.